The van der Waals surface area contributed by atoms with E-state index in [-0.39, 0.29) is 0 Å². The third-order valence-electron chi connectivity index (χ3n) is 3.77. The van der Waals surface area contributed by atoms with Crippen LogP contribution in [0.15, 0.2) is 24.3 Å². The van der Waals surface area contributed by atoms with Crippen LogP contribution in [0.1, 0.15) is 13.3 Å². The van der Waals surface area contributed by atoms with Gasteiger partial charge in [-0.15, -0.1) is 0 Å². The molecule has 2 rings (SSSR count). The fourth-order valence-corrected chi connectivity index (χ4v) is 2.65. The Hall–Kier alpha value is -1.26. The highest BCUT2D eigenvalue weighted by atomic mass is 16.5. The molecule has 4 nitrogen and oxygen atoms in total. The molecule has 1 aliphatic heterocycles. The lowest BCUT2D eigenvalue weighted by Crippen LogP contribution is -2.44. The van der Waals surface area contributed by atoms with E-state index < -0.39 is 0 Å². The molecule has 106 valence electrons. The Labute approximate surface area is 116 Å². The second-order valence-electron chi connectivity index (χ2n) is 5.07. The summed E-state index contributed by atoms with van der Waals surface area (Å²) in [5.41, 5.74) is 7.09. The molecule has 0 aromatic heterocycles. The van der Waals surface area contributed by atoms with E-state index in [4.69, 9.17) is 10.5 Å². The molecule has 2 N–H and O–H groups in total. The van der Waals surface area contributed by atoms with Gasteiger partial charge in [0.1, 0.15) is 5.75 Å². The van der Waals surface area contributed by atoms with E-state index in [9.17, 15) is 0 Å². The predicted octanol–water partition coefficient (Wildman–Crippen LogP) is 1.55. The van der Waals surface area contributed by atoms with Gasteiger partial charge in [-0.25, -0.2) is 0 Å². The fourth-order valence-electron chi connectivity index (χ4n) is 2.65. The van der Waals surface area contributed by atoms with Gasteiger partial charge in [0.15, 0.2) is 0 Å². The summed E-state index contributed by atoms with van der Waals surface area (Å²) < 4.78 is 5.74. The van der Waals surface area contributed by atoms with Gasteiger partial charge in [-0.1, -0.05) is 12.1 Å². The maximum atomic E-state index is 5.90. The SMILES string of the molecule is CCOc1ccccc1N1CCCN(C)C(CN)C1. The third kappa shape index (κ3) is 3.39. The van der Waals surface area contributed by atoms with Crippen LogP contribution in [0.25, 0.3) is 0 Å². The van der Waals surface area contributed by atoms with Crippen molar-refractivity contribution in [2.75, 3.05) is 44.7 Å². The van der Waals surface area contributed by atoms with Gasteiger partial charge in [0.2, 0.25) is 0 Å². The van der Waals surface area contributed by atoms with Crippen molar-refractivity contribution in [3.63, 3.8) is 0 Å². The molecule has 0 saturated carbocycles. The summed E-state index contributed by atoms with van der Waals surface area (Å²) in [5.74, 6) is 0.977. The molecule has 1 aromatic carbocycles. The van der Waals surface area contributed by atoms with Crippen LogP contribution in [0.5, 0.6) is 5.75 Å². The van der Waals surface area contributed by atoms with Crippen LogP contribution >= 0.6 is 0 Å². The van der Waals surface area contributed by atoms with Crippen molar-refractivity contribution in [2.24, 2.45) is 5.73 Å². The summed E-state index contributed by atoms with van der Waals surface area (Å²) in [4.78, 5) is 4.77. The summed E-state index contributed by atoms with van der Waals surface area (Å²) in [6, 6.07) is 8.70. The third-order valence-corrected chi connectivity index (χ3v) is 3.77. The minimum atomic E-state index is 0.414. The number of likely N-dealkylation sites (N-methyl/N-ethyl adjacent to an activating group) is 1. The van der Waals surface area contributed by atoms with Crippen molar-refractivity contribution >= 4 is 5.69 Å². The molecule has 4 heteroatoms. The molecule has 1 aliphatic rings. The summed E-state index contributed by atoms with van der Waals surface area (Å²) in [6.07, 6.45) is 1.16. The number of hydrogen-bond donors (Lipinski definition) is 1. The zero-order valence-electron chi connectivity index (χ0n) is 12.0. The molecule has 1 unspecified atom stereocenters. The van der Waals surface area contributed by atoms with Crippen LogP contribution in [0.3, 0.4) is 0 Å². The summed E-state index contributed by atoms with van der Waals surface area (Å²) in [7, 11) is 2.16. The van der Waals surface area contributed by atoms with Crippen LogP contribution < -0.4 is 15.4 Å². The molecule has 0 aliphatic carbocycles. The van der Waals surface area contributed by atoms with E-state index in [1.807, 2.05) is 19.1 Å². The van der Waals surface area contributed by atoms with Crippen molar-refractivity contribution in [3.8, 4) is 5.75 Å². The van der Waals surface area contributed by atoms with E-state index in [0.717, 1.165) is 31.8 Å². The molecule has 1 saturated heterocycles. The highest BCUT2D eigenvalue weighted by molar-refractivity contribution is 5.58. The predicted molar refractivity (Wildman–Crippen MR) is 79.9 cm³/mol. The van der Waals surface area contributed by atoms with E-state index >= 15 is 0 Å². The van der Waals surface area contributed by atoms with Crippen LogP contribution in [0, 0.1) is 0 Å². The largest absolute Gasteiger partial charge is 0.492 e. The molecule has 1 aromatic rings. The van der Waals surface area contributed by atoms with Crippen LogP contribution in [-0.4, -0.2) is 50.8 Å². The molecule has 0 spiro atoms. The Morgan fingerprint density at radius 1 is 1.32 bits per heavy atom. The number of rotatable bonds is 4. The van der Waals surface area contributed by atoms with E-state index in [2.05, 4.69) is 29.0 Å². The van der Waals surface area contributed by atoms with Crippen molar-refractivity contribution in [2.45, 2.75) is 19.4 Å². The number of ether oxygens (including phenoxy) is 1. The number of anilines is 1. The first kappa shape index (κ1) is 14.2. The lowest BCUT2D eigenvalue weighted by atomic mass is 10.2. The quantitative estimate of drug-likeness (QED) is 0.895. The van der Waals surface area contributed by atoms with Gasteiger partial charge in [-0.05, 0) is 39.1 Å². The Bertz CT molecular complexity index is 397. The molecule has 19 heavy (non-hydrogen) atoms. The van der Waals surface area contributed by atoms with Gasteiger partial charge in [0.05, 0.1) is 12.3 Å². The average molecular weight is 263 g/mol. The van der Waals surface area contributed by atoms with Gasteiger partial charge in [-0.2, -0.15) is 0 Å². The first-order valence-electron chi connectivity index (χ1n) is 7.13. The smallest absolute Gasteiger partial charge is 0.142 e. The number of benzene rings is 1. The van der Waals surface area contributed by atoms with Crippen LogP contribution in [0.2, 0.25) is 0 Å². The number of nitrogens with zero attached hydrogens (tertiary/aromatic N) is 2. The molecule has 1 fully saturated rings. The fraction of sp³-hybridized carbons (Fsp3) is 0.600. The topological polar surface area (TPSA) is 41.7 Å². The minimum Gasteiger partial charge on any atom is -0.492 e. The molecule has 1 heterocycles. The van der Waals surface area contributed by atoms with Crippen molar-refractivity contribution in [1.29, 1.82) is 0 Å². The second-order valence-corrected chi connectivity index (χ2v) is 5.07. The van der Waals surface area contributed by atoms with Crippen molar-refractivity contribution in [1.82, 2.24) is 4.90 Å². The zero-order valence-corrected chi connectivity index (χ0v) is 12.0. The summed E-state index contributed by atoms with van der Waals surface area (Å²) in [5, 5.41) is 0. The Morgan fingerprint density at radius 2 is 2.11 bits per heavy atom. The highest BCUT2D eigenvalue weighted by Crippen LogP contribution is 2.29. The van der Waals surface area contributed by atoms with Gasteiger partial charge in [0, 0.05) is 25.7 Å². The Kier molecular flexibility index (Phi) is 5.05. The molecule has 0 amide bonds. The zero-order chi connectivity index (χ0) is 13.7. The molecular weight excluding hydrogens is 238 g/mol. The van der Waals surface area contributed by atoms with E-state index in [1.165, 1.54) is 5.69 Å². The first-order chi connectivity index (χ1) is 9.26. The van der Waals surface area contributed by atoms with Crippen molar-refractivity contribution in [3.05, 3.63) is 24.3 Å². The molecule has 0 bridgehead atoms. The molecule has 1 atom stereocenters. The van der Waals surface area contributed by atoms with Gasteiger partial charge < -0.3 is 20.3 Å². The maximum absolute atomic E-state index is 5.90. The molecule has 0 radical (unpaired) electrons. The first-order valence-corrected chi connectivity index (χ1v) is 7.13. The Balaban J connectivity index is 2.20. The maximum Gasteiger partial charge on any atom is 0.142 e. The standard InChI is InChI=1S/C15H25N3O/c1-3-19-15-8-5-4-7-14(15)18-10-6-9-17(2)13(11-16)12-18/h4-5,7-8,13H,3,6,9-12,16H2,1-2H3. The summed E-state index contributed by atoms with van der Waals surface area (Å²) in [6.45, 7) is 6.56. The number of para-hydroxylation sites is 2. The lowest BCUT2D eigenvalue weighted by molar-refractivity contribution is 0.266. The summed E-state index contributed by atoms with van der Waals surface area (Å²) >= 11 is 0. The second kappa shape index (κ2) is 6.78. The number of nitrogens with two attached hydrogens (primary N) is 1. The highest BCUT2D eigenvalue weighted by Gasteiger charge is 2.22. The van der Waals surface area contributed by atoms with E-state index in [0.29, 0.717) is 19.2 Å². The van der Waals surface area contributed by atoms with Gasteiger partial charge in [-0.3, -0.25) is 0 Å². The van der Waals surface area contributed by atoms with Gasteiger partial charge >= 0.3 is 0 Å². The van der Waals surface area contributed by atoms with Crippen LogP contribution in [0.4, 0.5) is 5.69 Å². The molecular formula is C15H25N3O. The van der Waals surface area contributed by atoms with Crippen LogP contribution in [-0.2, 0) is 0 Å². The minimum absolute atomic E-state index is 0.414. The van der Waals surface area contributed by atoms with E-state index in [1.54, 1.807) is 0 Å². The Morgan fingerprint density at radius 3 is 2.84 bits per heavy atom. The van der Waals surface area contributed by atoms with Gasteiger partial charge in [0.25, 0.3) is 0 Å². The average Bonchev–Trinajstić information content (AvgIpc) is 2.61. The lowest BCUT2D eigenvalue weighted by Gasteiger charge is -2.30. The van der Waals surface area contributed by atoms with Crippen molar-refractivity contribution < 1.29 is 4.74 Å². The number of hydrogen-bond acceptors (Lipinski definition) is 4. The monoisotopic (exact) mass is 263 g/mol. The normalized spacial score (nSPS) is 21.2.